The molecule has 4 nitrogen and oxygen atoms in total. The Bertz CT molecular complexity index is 345. The highest BCUT2D eigenvalue weighted by Crippen LogP contribution is 2.26. The fourth-order valence-electron chi connectivity index (χ4n) is 2.61. The standard InChI is InChI=1S/C13H20N2O2/c1-11(16)13(14-7-3-2-4-8-14)12-5-9-15(17)10-6-12/h5-6,9-11,13,16H,2-4,7-8H2,1H3/t11-,13-/m1/s1. The van der Waals surface area contributed by atoms with Gasteiger partial charge < -0.3 is 10.3 Å². The van der Waals surface area contributed by atoms with E-state index in [1.54, 1.807) is 12.1 Å². The van der Waals surface area contributed by atoms with Gasteiger partial charge in [0.2, 0.25) is 0 Å². The summed E-state index contributed by atoms with van der Waals surface area (Å²) in [7, 11) is 0. The number of aliphatic hydroxyl groups excluding tert-OH is 1. The van der Waals surface area contributed by atoms with E-state index in [1.165, 1.54) is 31.7 Å². The highest BCUT2D eigenvalue weighted by atomic mass is 16.5. The summed E-state index contributed by atoms with van der Waals surface area (Å²) in [6.07, 6.45) is 6.23. The predicted molar refractivity (Wildman–Crippen MR) is 65.2 cm³/mol. The molecule has 0 bridgehead atoms. The number of aromatic nitrogens is 1. The second-order valence-electron chi connectivity index (χ2n) is 4.77. The van der Waals surface area contributed by atoms with Crippen LogP contribution < -0.4 is 4.73 Å². The predicted octanol–water partition coefficient (Wildman–Crippen LogP) is 1.23. The zero-order chi connectivity index (χ0) is 12.3. The van der Waals surface area contributed by atoms with Crippen molar-refractivity contribution < 1.29 is 9.84 Å². The van der Waals surface area contributed by atoms with Gasteiger partial charge in [-0.25, -0.2) is 0 Å². The lowest BCUT2D eigenvalue weighted by Gasteiger charge is -2.36. The summed E-state index contributed by atoms with van der Waals surface area (Å²) in [5, 5.41) is 21.0. The molecular formula is C13H20N2O2. The van der Waals surface area contributed by atoms with E-state index < -0.39 is 6.10 Å². The minimum absolute atomic E-state index is 0.0106. The largest absolute Gasteiger partial charge is 0.619 e. The van der Waals surface area contributed by atoms with Crippen molar-refractivity contribution in [3.63, 3.8) is 0 Å². The Balaban J connectivity index is 2.18. The zero-order valence-electron chi connectivity index (χ0n) is 10.2. The van der Waals surface area contributed by atoms with Crippen LogP contribution in [-0.2, 0) is 0 Å². The van der Waals surface area contributed by atoms with Crippen molar-refractivity contribution in [1.82, 2.24) is 4.90 Å². The number of nitrogens with zero attached hydrogens (tertiary/aromatic N) is 2. The molecule has 0 aromatic carbocycles. The normalized spacial score (nSPS) is 21.1. The van der Waals surface area contributed by atoms with Crippen molar-refractivity contribution in [2.45, 2.75) is 38.3 Å². The average molecular weight is 236 g/mol. The molecule has 0 aliphatic carbocycles. The quantitative estimate of drug-likeness (QED) is 0.634. The van der Waals surface area contributed by atoms with E-state index in [1.807, 2.05) is 6.92 Å². The van der Waals surface area contributed by atoms with Gasteiger partial charge in [0.15, 0.2) is 12.4 Å². The second-order valence-corrected chi connectivity index (χ2v) is 4.77. The van der Waals surface area contributed by atoms with Crippen molar-refractivity contribution in [2.75, 3.05) is 13.1 Å². The number of likely N-dealkylation sites (tertiary alicyclic amines) is 1. The molecule has 1 fully saturated rings. The number of rotatable bonds is 3. The summed E-state index contributed by atoms with van der Waals surface area (Å²) in [5.41, 5.74) is 1.02. The van der Waals surface area contributed by atoms with E-state index in [2.05, 4.69) is 4.90 Å². The SMILES string of the molecule is C[C@@H](O)[C@H](c1cc[n+]([O-])cc1)N1CCCCC1. The van der Waals surface area contributed by atoms with Crippen molar-refractivity contribution in [3.05, 3.63) is 35.3 Å². The molecule has 94 valence electrons. The number of hydrogen-bond donors (Lipinski definition) is 1. The molecule has 2 atom stereocenters. The Hall–Kier alpha value is -1.13. The second kappa shape index (κ2) is 5.47. The molecule has 2 heterocycles. The van der Waals surface area contributed by atoms with Crippen LogP contribution in [0.25, 0.3) is 0 Å². The molecule has 1 N–H and O–H groups in total. The van der Waals surface area contributed by atoms with Gasteiger partial charge in [0.1, 0.15) is 0 Å². The molecule has 1 aliphatic rings. The molecule has 0 unspecified atom stereocenters. The Morgan fingerprint density at radius 2 is 1.82 bits per heavy atom. The van der Waals surface area contributed by atoms with Crippen LogP contribution in [0.3, 0.4) is 0 Å². The van der Waals surface area contributed by atoms with Crippen LogP contribution in [-0.4, -0.2) is 29.2 Å². The summed E-state index contributed by atoms with van der Waals surface area (Å²) < 4.78 is 0.777. The maximum Gasteiger partial charge on any atom is 0.180 e. The van der Waals surface area contributed by atoms with Gasteiger partial charge in [0, 0.05) is 12.1 Å². The summed E-state index contributed by atoms with van der Waals surface area (Å²) >= 11 is 0. The third-order valence-corrected chi connectivity index (χ3v) is 3.41. The smallest absolute Gasteiger partial charge is 0.180 e. The van der Waals surface area contributed by atoms with Gasteiger partial charge >= 0.3 is 0 Å². The Labute approximate surface area is 102 Å². The maximum atomic E-state index is 11.0. The monoisotopic (exact) mass is 236 g/mol. The van der Waals surface area contributed by atoms with E-state index in [-0.39, 0.29) is 6.04 Å². The third kappa shape index (κ3) is 2.96. The van der Waals surface area contributed by atoms with Crippen molar-refractivity contribution in [3.8, 4) is 0 Å². The maximum absolute atomic E-state index is 11.0. The summed E-state index contributed by atoms with van der Waals surface area (Å²) in [6.45, 7) is 3.88. The highest BCUT2D eigenvalue weighted by Gasteiger charge is 2.26. The van der Waals surface area contributed by atoms with E-state index in [0.29, 0.717) is 0 Å². The lowest BCUT2D eigenvalue weighted by atomic mass is 9.99. The van der Waals surface area contributed by atoms with Gasteiger partial charge in [-0.1, -0.05) is 6.42 Å². The molecule has 0 radical (unpaired) electrons. The van der Waals surface area contributed by atoms with Crippen LogP contribution in [0.2, 0.25) is 0 Å². The van der Waals surface area contributed by atoms with E-state index in [0.717, 1.165) is 23.4 Å². The average Bonchev–Trinajstić information content (AvgIpc) is 2.33. The number of aliphatic hydroxyl groups is 1. The molecule has 0 saturated carbocycles. The van der Waals surface area contributed by atoms with E-state index >= 15 is 0 Å². The van der Waals surface area contributed by atoms with Crippen LogP contribution in [0.15, 0.2) is 24.5 Å². The van der Waals surface area contributed by atoms with Crippen LogP contribution in [0.4, 0.5) is 0 Å². The van der Waals surface area contributed by atoms with E-state index in [9.17, 15) is 10.3 Å². The fourth-order valence-corrected chi connectivity index (χ4v) is 2.61. The summed E-state index contributed by atoms with van der Waals surface area (Å²) in [6, 6.07) is 3.62. The number of pyridine rings is 1. The molecule has 0 amide bonds. The van der Waals surface area contributed by atoms with Gasteiger partial charge in [0.25, 0.3) is 0 Å². The van der Waals surface area contributed by atoms with Crippen LogP contribution in [0, 0.1) is 5.21 Å². The molecule has 1 aromatic heterocycles. The molecule has 1 saturated heterocycles. The number of piperidine rings is 1. The first-order valence-electron chi connectivity index (χ1n) is 6.29. The van der Waals surface area contributed by atoms with E-state index in [4.69, 9.17) is 0 Å². The fraction of sp³-hybridized carbons (Fsp3) is 0.615. The zero-order valence-corrected chi connectivity index (χ0v) is 10.2. The molecular weight excluding hydrogens is 216 g/mol. The minimum atomic E-state index is -0.421. The first-order valence-corrected chi connectivity index (χ1v) is 6.29. The highest BCUT2D eigenvalue weighted by molar-refractivity contribution is 5.15. The molecule has 0 spiro atoms. The molecule has 1 aliphatic heterocycles. The van der Waals surface area contributed by atoms with Crippen LogP contribution in [0.5, 0.6) is 0 Å². The lowest BCUT2D eigenvalue weighted by Crippen LogP contribution is -2.39. The van der Waals surface area contributed by atoms with Crippen LogP contribution >= 0.6 is 0 Å². The van der Waals surface area contributed by atoms with Crippen molar-refractivity contribution in [1.29, 1.82) is 0 Å². The van der Waals surface area contributed by atoms with Crippen molar-refractivity contribution >= 4 is 0 Å². The van der Waals surface area contributed by atoms with Gasteiger partial charge in [-0.15, -0.1) is 0 Å². The summed E-state index contributed by atoms with van der Waals surface area (Å²) in [5.74, 6) is 0. The van der Waals surface area contributed by atoms with Gasteiger partial charge in [-0.2, -0.15) is 4.73 Å². The number of hydrogen-bond acceptors (Lipinski definition) is 3. The first kappa shape index (κ1) is 12.3. The molecule has 4 heteroatoms. The Kier molecular flexibility index (Phi) is 3.97. The molecule has 2 rings (SSSR count). The van der Waals surface area contributed by atoms with Gasteiger partial charge in [-0.3, -0.25) is 4.90 Å². The third-order valence-electron chi connectivity index (χ3n) is 3.41. The van der Waals surface area contributed by atoms with Gasteiger partial charge in [0.05, 0.1) is 12.1 Å². The summed E-state index contributed by atoms with van der Waals surface area (Å²) in [4.78, 5) is 2.32. The Morgan fingerprint density at radius 3 is 2.35 bits per heavy atom. The van der Waals surface area contributed by atoms with Gasteiger partial charge in [-0.05, 0) is 38.4 Å². The van der Waals surface area contributed by atoms with Crippen molar-refractivity contribution in [2.24, 2.45) is 0 Å². The first-order chi connectivity index (χ1) is 8.18. The minimum Gasteiger partial charge on any atom is -0.619 e. The molecule has 17 heavy (non-hydrogen) atoms. The Morgan fingerprint density at radius 1 is 1.24 bits per heavy atom. The topological polar surface area (TPSA) is 50.4 Å². The van der Waals surface area contributed by atoms with Crippen LogP contribution in [0.1, 0.15) is 37.8 Å². The molecule has 1 aromatic rings. The lowest BCUT2D eigenvalue weighted by molar-refractivity contribution is -0.605.